The van der Waals surface area contributed by atoms with Crippen molar-refractivity contribution in [2.24, 2.45) is 0 Å². The lowest BCUT2D eigenvalue weighted by atomic mass is 9.81. The highest BCUT2D eigenvalue weighted by Crippen LogP contribution is 2.51. The molecule has 2 atom stereocenters. The van der Waals surface area contributed by atoms with E-state index in [9.17, 15) is 10.1 Å². The van der Waals surface area contributed by atoms with Gasteiger partial charge in [0.2, 0.25) is 0 Å². The Morgan fingerprint density at radius 3 is 2.83 bits per heavy atom. The van der Waals surface area contributed by atoms with Crippen LogP contribution in [0.4, 0.5) is 11.4 Å². The summed E-state index contributed by atoms with van der Waals surface area (Å²) < 4.78 is 0. The third kappa shape index (κ3) is 1.25. The number of benzene rings is 1. The van der Waals surface area contributed by atoms with E-state index in [1.807, 2.05) is 6.07 Å². The zero-order chi connectivity index (χ0) is 13.1. The van der Waals surface area contributed by atoms with Crippen molar-refractivity contribution in [1.82, 2.24) is 4.90 Å². The molecule has 0 aliphatic carbocycles. The predicted octanol–water partition coefficient (Wildman–Crippen LogP) is 1.96. The summed E-state index contributed by atoms with van der Waals surface area (Å²) in [4.78, 5) is 15.2. The first-order valence-electron chi connectivity index (χ1n) is 6.17. The maximum Gasteiger partial charge on any atom is 0.269 e. The van der Waals surface area contributed by atoms with E-state index in [0.717, 1.165) is 24.2 Å². The van der Waals surface area contributed by atoms with Crippen molar-refractivity contribution >= 4 is 11.4 Å². The Morgan fingerprint density at radius 1 is 1.44 bits per heavy atom. The third-order valence-corrected chi connectivity index (χ3v) is 4.52. The molecule has 0 amide bonds. The third-order valence-electron chi connectivity index (χ3n) is 4.52. The minimum Gasteiger partial charge on any atom is -0.358 e. The van der Waals surface area contributed by atoms with Crippen LogP contribution in [0.5, 0.6) is 0 Å². The summed E-state index contributed by atoms with van der Waals surface area (Å²) in [7, 11) is 4.19. The van der Waals surface area contributed by atoms with Crippen LogP contribution in [-0.4, -0.2) is 36.6 Å². The fourth-order valence-electron chi connectivity index (χ4n) is 3.68. The zero-order valence-electron chi connectivity index (χ0n) is 10.9. The van der Waals surface area contributed by atoms with Gasteiger partial charge in [-0.25, -0.2) is 0 Å². The minimum absolute atomic E-state index is 0.00481. The molecule has 0 spiro atoms. The van der Waals surface area contributed by atoms with Crippen molar-refractivity contribution in [2.75, 3.05) is 25.5 Å². The average molecular weight is 247 g/mol. The van der Waals surface area contributed by atoms with E-state index in [1.165, 1.54) is 0 Å². The molecule has 0 aromatic heterocycles. The standard InChI is InChI=1S/C13H17N3O2/c1-13-6-7-14(2)12(13)15(3)11-5-4-9(16(17)18)8-10(11)13/h4-5,8,12H,6-7H2,1-3H3. The highest BCUT2D eigenvalue weighted by molar-refractivity contribution is 5.67. The first-order chi connectivity index (χ1) is 8.45. The Kier molecular flexibility index (Phi) is 2.20. The van der Waals surface area contributed by atoms with Crippen LogP contribution >= 0.6 is 0 Å². The molecule has 2 aliphatic rings. The number of nitro groups is 1. The maximum absolute atomic E-state index is 10.9. The number of likely N-dealkylation sites (tertiary alicyclic amines) is 1. The van der Waals surface area contributed by atoms with Gasteiger partial charge in [-0.1, -0.05) is 6.92 Å². The number of hydrogen-bond acceptors (Lipinski definition) is 4. The van der Waals surface area contributed by atoms with Gasteiger partial charge in [-0.05, 0) is 25.1 Å². The van der Waals surface area contributed by atoms with E-state index in [0.29, 0.717) is 6.17 Å². The van der Waals surface area contributed by atoms with Crippen LogP contribution in [0.1, 0.15) is 18.9 Å². The van der Waals surface area contributed by atoms with Crippen molar-refractivity contribution in [1.29, 1.82) is 0 Å². The Hall–Kier alpha value is -1.62. The Morgan fingerprint density at radius 2 is 2.17 bits per heavy atom. The van der Waals surface area contributed by atoms with Crippen molar-refractivity contribution in [3.63, 3.8) is 0 Å². The highest BCUT2D eigenvalue weighted by Gasteiger charge is 2.52. The van der Waals surface area contributed by atoms with E-state index in [1.54, 1.807) is 12.1 Å². The molecule has 18 heavy (non-hydrogen) atoms. The zero-order valence-corrected chi connectivity index (χ0v) is 10.9. The van der Waals surface area contributed by atoms with Crippen LogP contribution < -0.4 is 4.90 Å². The van der Waals surface area contributed by atoms with Gasteiger partial charge in [0, 0.05) is 36.8 Å². The lowest BCUT2D eigenvalue weighted by Crippen LogP contribution is -2.45. The summed E-state index contributed by atoms with van der Waals surface area (Å²) in [6.45, 7) is 3.25. The number of likely N-dealkylation sites (N-methyl/N-ethyl adjacent to an activating group) is 2. The lowest BCUT2D eigenvalue weighted by molar-refractivity contribution is -0.384. The average Bonchev–Trinajstić information content (AvgIpc) is 2.75. The molecule has 0 radical (unpaired) electrons. The molecule has 0 N–H and O–H groups in total. The minimum atomic E-state index is -0.310. The van der Waals surface area contributed by atoms with Crippen LogP contribution in [-0.2, 0) is 5.41 Å². The summed E-state index contributed by atoms with van der Waals surface area (Å²) in [5, 5.41) is 10.9. The van der Waals surface area contributed by atoms with Crippen molar-refractivity contribution in [3.05, 3.63) is 33.9 Å². The molecule has 1 fully saturated rings. The molecule has 1 saturated heterocycles. The summed E-state index contributed by atoms with van der Waals surface area (Å²) in [6.07, 6.45) is 1.36. The molecule has 0 saturated carbocycles. The normalized spacial score (nSPS) is 30.4. The molecule has 1 aromatic rings. The molecule has 5 nitrogen and oxygen atoms in total. The quantitative estimate of drug-likeness (QED) is 0.562. The van der Waals surface area contributed by atoms with Gasteiger partial charge in [0.15, 0.2) is 0 Å². The van der Waals surface area contributed by atoms with Crippen molar-refractivity contribution in [2.45, 2.75) is 24.9 Å². The maximum atomic E-state index is 10.9. The first kappa shape index (κ1) is 11.5. The number of anilines is 1. The molecule has 2 aliphatic heterocycles. The summed E-state index contributed by atoms with van der Waals surface area (Å²) >= 11 is 0. The SMILES string of the molecule is CN1CCC2(C)c3cc([N+](=O)[O-])ccc3N(C)C12. The largest absolute Gasteiger partial charge is 0.358 e. The van der Waals surface area contributed by atoms with Crippen LogP contribution in [0.2, 0.25) is 0 Å². The molecule has 5 heteroatoms. The highest BCUT2D eigenvalue weighted by atomic mass is 16.6. The van der Waals surface area contributed by atoms with Gasteiger partial charge in [-0.3, -0.25) is 15.0 Å². The molecule has 0 bridgehead atoms. The molecule has 2 heterocycles. The van der Waals surface area contributed by atoms with E-state index < -0.39 is 0 Å². The van der Waals surface area contributed by atoms with Crippen LogP contribution in [0, 0.1) is 10.1 Å². The van der Waals surface area contributed by atoms with Gasteiger partial charge in [0.25, 0.3) is 5.69 Å². The number of hydrogen-bond donors (Lipinski definition) is 0. The second-order valence-electron chi connectivity index (χ2n) is 5.59. The summed E-state index contributed by atoms with van der Waals surface area (Å²) in [6, 6.07) is 5.23. The van der Waals surface area contributed by atoms with Gasteiger partial charge >= 0.3 is 0 Å². The van der Waals surface area contributed by atoms with Gasteiger partial charge in [-0.2, -0.15) is 0 Å². The van der Waals surface area contributed by atoms with E-state index in [4.69, 9.17) is 0 Å². The molecule has 96 valence electrons. The van der Waals surface area contributed by atoms with Gasteiger partial charge < -0.3 is 4.90 Å². The topological polar surface area (TPSA) is 49.6 Å². The number of rotatable bonds is 1. The van der Waals surface area contributed by atoms with Crippen molar-refractivity contribution in [3.8, 4) is 0 Å². The molecular weight excluding hydrogens is 230 g/mol. The second-order valence-corrected chi connectivity index (χ2v) is 5.59. The first-order valence-corrected chi connectivity index (χ1v) is 6.17. The Bertz CT molecular complexity index is 531. The van der Waals surface area contributed by atoms with Gasteiger partial charge in [0.1, 0.15) is 0 Å². The van der Waals surface area contributed by atoms with E-state index in [2.05, 4.69) is 30.8 Å². The second kappa shape index (κ2) is 3.45. The van der Waals surface area contributed by atoms with Crippen LogP contribution in [0.3, 0.4) is 0 Å². The molecular formula is C13H17N3O2. The Balaban J connectivity index is 2.17. The smallest absolute Gasteiger partial charge is 0.269 e. The van der Waals surface area contributed by atoms with Crippen LogP contribution in [0.25, 0.3) is 0 Å². The summed E-state index contributed by atoms with van der Waals surface area (Å²) in [5.74, 6) is 0. The van der Waals surface area contributed by atoms with Crippen molar-refractivity contribution < 1.29 is 4.92 Å². The van der Waals surface area contributed by atoms with Crippen LogP contribution in [0.15, 0.2) is 18.2 Å². The fourth-order valence-corrected chi connectivity index (χ4v) is 3.68. The lowest BCUT2D eigenvalue weighted by Gasteiger charge is -2.32. The van der Waals surface area contributed by atoms with Gasteiger partial charge in [0.05, 0.1) is 11.1 Å². The monoisotopic (exact) mass is 247 g/mol. The Labute approximate surface area is 106 Å². The van der Waals surface area contributed by atoms with Gasteiger partial charge in [-0.15, -0.1) is 0 Å². The molecule has 3 rings (SSSR count). The summed E-state index contributed by atoms with van der Waals surface area (Å²) in [5.41, 5.74) is 2.44. The number of non-ortho nitro benzene ring substituents is 1. The predicted molar refractivity (Wildman–Crippen MR) is 69.9 cm³/mol. The number of fused-ring (bicyclic) bond motifs is 3. The molecule has 2 unspecified atom stereocenters. The number of nitrogens with zero attached hydrogens (tertiary/aromatic N) is 3. The fraction of sp³-hybridized carbons (Fsp3) is 0.538. The number of nitro benzene ring substituents is 1. The van der Waals surface area contributed by atoms with E-state index in [-0.39, 0.29) is 16.0 Å². The molecule has 1 aromatic carbocycles. The van der Waals surface area contributed by atoms with E-state index >= 15 is 0 Å².